The van der Waals surface area contributed by atoms with Crippen LogP contribution in [0.2, 0.25) is 0 Å². The van der Waals surface area contributed by atoms with Gasteiger partial charge >= 0.3 is 0 Å². The van der Waals surface area contributed by atoms with E-state index in [-0.39, 0.29) is 29.5 Å². The van der Waals surface area contributed by atoms with Gasteiger partial charge in [-0.05, 0) is 56.2 Å². The van der Waals surface area contributed by atoms with Crippen LogP contribution in [0.15, 0.2) is 108 Å². The van der Waals surface area contributed by atoms with Crippen LogP contribution >= 0.6 is 0 Å². The number of sulfonamides is 1. The maximum Gasteiger partial charge on any atom is 0.264 e. The molecule has 0 aliphatic heterocycles. The minimum atomic E-state index is -4.37. The second-order valence-corrected chi connectivity index (χ2v) is 12.2. The van der Waals surface area contributed by atoms with E-state index in [1.54, 1.807) is 19.1 Å². The molecule has 4 aromatic carbocycles. The summed E-state index contributed by atoms with van der Waals surface area (Å²) in [7, 11) is -4.37. The molecule has 0 aliphatic rings. The molecule has 0 bridgehead atoms. The quantitative estimate of drug-likeness (QED) is 0.235. The van der Waals surface area contributed by atoms with E-state index in [1.807, 2.05) is 68.4 Å². The number of halogens is 1. The van der Waals surface area contributed by atoms with Crippen molar-refractivity contribution in [1.29, 1.82) is 0 Å². The van der Waals surface area contributed by atoms with Gasteiger partial charge in [0, 0.05) is 19.5 Å². The van der Waals surface area contributed by atoms with Gasteiger partial charge < -0.3 is 10.2 Å². The van der Waals surface area contributed by atoms with Gasteiger partial charge in [-0.25, -0.2) is 12.8 Å². The minimum absolute atomic E-state index is 0.0465. The first-order valence-electron chi connectivity index (χ1n) is 14.1. The highest BCUT2D eigenvalue weighted by molar-refractivity contribution is 7.92. The SMILES string of the molecule is CCNC(=O)C(Cc1ccccc1)N(Cc1cccc(C)c1)C(=O)CN(c1ccccc1F)S(=O)(=O)c1ccc(C)cc1. The topological polar surface area (TPSA) is 86.8 Å². The summed E-state index contributed by atoms with van der Waals surface area (Å²) in [5.74, 6) is -1.81. The highest BCUT2D eigenvalue weighted by atomic mass is 32.2. The molecule has 0 saturated carbocycles. The molecule has 1 atom stereocenters. The Labute approximate surface area is 253 Å². The Balaban J connectivity index is 1.80. The van der Waals surface area contributed by atoms with Gasteiger partial charge in [-0.1, -0.05) is 90.0 Å². The Hall–Kier alpha value is -4.50. The number of nitrogens with one attached hydrogen (secondary N) is 1. The highest BCUT2D eigenvalue weighted by Crippen LogP contribution is 2.27. The number of benzene rings is 4. The summed E-state index contributed by atoms with van der Waals surface area (Å²) < 4.78 is 43.9. The number of amides is 2. The van der Waals surface area contributed by atoms with Crippen LogP contribution in [0.25, 0.3) is 0 Å². The summed E-state index contributed by atoms with van der Waals surface area (Å²) in [5, 5.41) is 2.83. The molecule has 0 saturated heterocycles. The largest absolute Gasteiger partial charge is 0.355 e. The lowest BCUT2D eigenvalue weighted by molar-refractivity contribution is -0.140. The van der Waals surface area contributed by atoms with Crippen LogP contribution in [-0.2, 0) is 32.6 Å². The van der Waals surface area contributed by atoms with Crippen molar-refractivity contribution < 1.29 is 22.4 Å². The van der Waals surface area contributed by atoms with E-state index in [1.165, 1.54) is 35.2 Å². The summed E-state index contributed by atoms with van der Waals surface area (Å²) in [6.07, 6.45) is 0.203. The first kappa shape index (κ1) is 31.4. The van der Waals surface area contributed by atoms with Gasteiger partial charge in [0.1, 0.15) is 18.4 Å². The van der Waals surface area contributed by atoms with Crippen LogP contribution in [0.5, 0.6) is 0 Å². The van der Waals surface area contributed by atoms with Crippen molar-refractivity contribution in [2.24, 2.45) is 0 Å². The van der Waals surface area contributed by atoms with Crippen molar-refractivity contribution in [3.8, 4) is 0 Å². The second kappa shape index (κ2) is 14.1. The molecular formula is C34H36FN3O4S. The molecule has 4 rings (SSSR count). The summed E-state index contributed by atoms with van der Waals surface area (Å²) in [6, 6.07) is 27.5. The van der Waals surface area contributed by atoms with Gasteiger partial charge in [0.2, 0.25) is 11.8 Å². The number of aryl methyl sites for hydroxylation is 2. The molecule has 0 heterocycles. The minimum Gasteiger partial charge on any atom is -0.355 e. The Kier molecular flexibility index (Phi) is 10.3. The molecule has 4 aromatic rings. The van der Waals surface area contributed by atoms with E-state index in [4.69, 9.17) is 0 Å². The smallest absolute Gasteiger partial charge is 0.264 e. The van der Waals surface area contributed by atoms with E-state index in [9.17, 15) is 18.0 Å². The predicted molar refractivity (Wildman–Crippen MR) is 166 cm³/mol. The predicted octanol–water partition coefficient (Wildman–Crippen LogP) is 5.41. The zero-order valence-corrected chi connectivity index (χ0v) is 25.4. The summed E-state index contributed by atoms with van der Waals surface area (Å²) in [4.78, 5) is 29.1. The number of hydrogen-bond donors (Lipinski definition) is 1. The molecule has 0 radical (unpaired) electrons. The van der Waals surface area contributed by atoms with E-state index < -0.39 is 34.3 Å². The van der Waals surface area contributed by atoms with Crippen LogP contribution in [0, 0.1) is 19.7 Å². The molecule has 1 unspecified atom stereocenters. The van der Waals surface area contributed by atoms with Crippen molar-refractivity contribution in [3.05, 3.63) is 131 Å². The number of hydrogen-bond acceptors (Lipinski definition) is 4. The van der Waals surface area contributed by atoms with Gasteiger partial charge in [0.15, 0.2) is 0 Å². The number of nitrogens with zero attached hydrogens (tertiary/aromatic N) is 2. The Morgan fingerprint density at radius 2 is 1.47 bits per heavy atom. The van der Waals surface area contributed by atoms with E-state index in [2.05, 4.69) is 5.32 Å². The van der Waals surface area contributed by atoms with Crippen LogP contribution in [-0.4, -0.2) is 44.3 Å². The van der Waals surface area contributed by atoms with Crippen molar-refractivity contribution in [3.63, 3.8) is 0 Å². The molecule has 2 amide bonds. The summed E-state index contributed by atoms with van der Waals surface area (Å²) in [5.41, 5.74) is 3.16. The van der Waals surface area contributed by atoms with Crippen molar-refractivity contribution in [2.75, 3.05) is 17.4 Å². The normalized spacial score (nSPS) is 11.9. The molecule has 224 valence electrons. The third kappa shape index (κ3) is 7.87. The molecule has 0 aromatic heterocycles. The average molecular weight is 602 g/mol. The van der Waals surface area contributed by atoms with Crippen LogP contribution in [0.3, 0.4) is 0 Å². The van der Waals surface area contributed by atoms with Gasteiger partial charge in [-0.3, -0.25) is 13.9 Å². The first-order chi connectivity index (χ1) is 20.6. The first-order valence-corrected chi connectivity index (χ1v) is 15.5. The van der Waals surface area contributed by atoms with Crippen LogP contribution in [0.4, 0.5) is 10.1 Å². The van der Waals surface area contributed by atoms with Crippen LogP contribution < -0.4 is 9.62 Å². The molecule has 43 heavy (non-hydrogen) atoms. The molecule has 7 nitrogen and oxygen atoms in total. The lowest BCUT2D eigenvalue weighted by Gasteiger charge is -2.34. The Bertz CT molecular complexity index is 1660. The number of carbonyl (C=O) groups excluding carboxylic acids is 2. The molecule has 1 N–H and O–H groups in total. The van der Waals surface area contributed by atoms with Crippen LogP contribution in [0.1, 0.15) is 29.2 Å². The fourth-order valence-electron chi connectivity index (χ4n) is 4.86. The Morgan fingerprint density at radius 3 is 2.12 bits per heavy atom. The standard InChI is InChI=1S/C34H36FN3O4S/c1-4-36-34(40)32(22-27-12-6-5-7-13-27)37(23-28-14-10-11-26(3)21-28)33(39)24-38(31-16-9-8-15-30(31)35)43(41,42)29-19-17-25(2)18-20-29/h5-21,32H,4,22-24H2,1-3H3,(H,36,40). The maximum absolute atomic E-state index is 15.2. The number of anilines is 1. The van der Waals surface area contributed by atoms with Gasteiger partial charge in [-0.2, -0.15) is 0 Å². The third-order valence-corrected chi connectivity index (χ3v) is 8.84. The number of likely N-dealkylation sites (N-methyl/N-ethyl adjacent to an activating group) is 1. The highest BCUT2D eigenvalue weighted by Gasteiger charge is 2.35. The van der Waals surface area contributed by atoms with Crippen molar-refractivity contribution in [2.45, 2.75) is 44.7 Å². The second-order valence-electron chi connectivity index (χ2n) is 10.4. The van der Waals surface area contributed by atoms with E-state index in [0.717, 1.165) is 32.6 Å². The third-order valence-electron chi connectivity index (χ3n) is 7.07. The summed E-state index contributed by atoms with van der Waals surface area (Å²) >= 11 is 0. The lowest BCUT2D eigenvalue weighted by atomic mass is 10.0. The molecule has 0 aliphatic carbocycles. The average Bonchev–Trinajstić information content (AvgIpc) is 2.99. The molecule has 9 heteroatoms. The van der Waals surface area contributed by atoms with Crippen molar-refractivity contribution in [1.82, 2.24) is 10.2 Å². The van der Waals surface area contributed by atoms with Gasteiger partial charge in [0.25, 0.3) is 10.0 Å². The molecule has 0 spiro atoms. The van der Waals surface area contributed by atoms with E-state index in [0.29, 0.717) is 6.54 Å². The molecule has 0 fully saturated rings. The summed E-state index contributed by atoms with van der Waals surface area (Å²) in [6.45, 7) is 5.22. The number of para-hydroxylation sites is 1. The molecular weight excluding hydrogens is 565 g/mol. The monoisotopic (exact) mass is 601 g/mol. The zero-order valence-electron chi connectivity index (χ0n) is 24.5. The maximum atomic E-state index is 15.2. The van der Waals surface area contributed by atoms with Crippen molar-refractivity contribution >= 4 is 27.5 Å². The Morgan fingerprint density at radius 1 is 0.814 bits per heavy atom. The fourth-order valence-corrected chi connectivity index (χ4v) is 6.28. The number of rotatable bonds is 12. The van der Waals surface area contributed by atoms with Gasteiger partial charge in [-0.15, -0.1) is 0 Å². The fraction of sp³-hybridized carbons (Fsp3) is 0.235. The van der Waals surface area contributed by atoms with Gasteiger partial charge in [0.05, 0.1) is 10.6 Å². The number of carbonyl (C=O) groups is 2. The van der Waals surface area contributed by atoms with E-state index >= 15 is 4.39 Å². The lowest BCUT2D eigenvalue weighted by Crippen LogP contribution is -2.53. The zero-order chi connectivity index (χ0) is 31.0.